The number of hydrogen-bond acceptors (Lipinski definition) is 5. The topological polar surface area (TPSA) is 72.9 Å². The summed E-state index contributed by atoms with van der Waals surface area (Å²) >= 11 is 5.96. The highest BCUT2D eigenvalue weighted by molar-refractivity contribution is 7.91. The summed E-state index contributed by atoms with van der Waals surface area (Å²) in [4.78, 5) is 14.6. The normalized spacial score (nSPS) is 17.7. The van der Waals surface area contributed by atoms with Crippen molar-refractivity contribution in [2.45, 2.75) is 25.9 Å². The summed E-state index contributed by atoms with van der Waals surface area (Å²) in [6.45, 7) is 1.96. The molecule has 29 heavy (non-hydrogen) atoms. The SMILES string of the molecule is COc1cccc(CN(C(=O)COc2ccc(Cl)cc2C)C2CCS(=O)(=O)C2)c1. The molecule has 1 heterocycles. The summed E-state index contributed by atoms with van der Waals surface area (Å²) < 4.78 is 34.9. The lowest BCUT2D eigenvalue weighted by Gasteiger charge is -2.28. The fourth-order valence-corrected chi connectivity index (χ4v) is 5.36. The molecule has 1 aliphatic rings. The summed E-state index contributed by atoms with van der Waals surface area (Å²) in [5.74, 6) is 1.06. The van der Waals surface area contributed by atoms with E-state index in [1.165, 1.54) is 0 Å². The number of sulfone groups is 1. The molecule has 1 amide bonds. The maximum absolute atomic E-state index is 13.0. The molecule has 2 aromatic carbocycles. The molecule has 0 saturated carbocycles. The number of ether oxygens (including phenoxy) is 2. The van der Waals surface area contributed by atoms with Crippen molar-refractivity contribution in [2.24, 2.45) is 0 Å². The monoisotopic (exact) mass is 437 g/mol. The van der Waals surface area contributed by atoms with E-state index in [0.29, 0.717) is 29.5 Å². The van der Waals surface area contributed by atoms with Crippen LogP contribution in [0.5, 0.6) is 11.5 Å². The second-order valence-electron chi connectivity index (χ2n) is 7.13. The number of amides is 1. The van der Waals surface area contributed by atoms with Crippen molar-refractivity contribution in [3.8, 4) is 11.5 Å². The number of methoxy groups -OCH3 is 1. The van der Waals surface area contributed by atoms with E-state index in [-0.39, 0.29) is 30.1 Å². The first-order chi connectivity index (χ1) is 13.8. The summed E-state index contributed by atoms with van der Waals surface area (Å²) in [5.41, 5.74) is 1.69. The Hall–Kier alpha value is -2.25. The third kappa shape index (κ3) is 5.64. The van der Waals surface area contributed by atoms with E-state index in [2.05, 4.69) is 0 Å². The van der Waals surface area contributed by atoms with Crippen LogP contribution in [0.2, 0.25) is 5.02 Å². The third-order valence-corrected chi connectivity index (χ3v) is 6.93. The molecule has 1 fully saturated rings. The van der Waals surface area contributed by atoms with E-state index >= 15 is 0 Å². The van der Waals surface area contributed by atoms with E-state index < -0.39 is 9.84 Å². The number of benzene rings is 2. The Morgan fingerprint density at radius 2 is 2.03 bits per heavy atom. The molecular formula is C21H24ClNO5S. The minimum atomic E-state index is -3.13. The highest BCUT2D eigenvalue weighted by Gasteiger charge is 2.34. The Morgan fingerprint density at radius 1 is 1.24 bits per heavy atom. The molecule has 0 radical (unpaired) electrons. The highest BCUT2D eigenvalue weighted by atomic mass is 35.5. The molecule has 0 N–H and O–H groups in total. The number of carbonyl (C=O) groups excluding carboxylic acids is 1. The number of rotatable bonds is 7. The van der Waals surface area contributed by atoms with Gasteiger partial charge in [-0.15, -0.1) is 0 Å². The average molecular weight is 438 g/mol. The molecule has 0 aromatic heterocycles. The smallest absolute Gasteiger partial charge is 0.261 e. The van der Waals surface area contributed by atoms with Gasteiger partial charge in [-0.05, 0) is 54.8 Å². The van der Waals surface area contributed by atoms with Crippen molar-refractivity contribution >= 4 is 27.3 Å². The van der Waals surface area contributed by atoms with Gasteiger partial charge in [0.25, 0.3) is 5.91 Å². The number of aryl methyl sites for hydroxylation is 1. The van der Waals surface area contributed by atoms with Gasteiger partial charge >= 0.3 is 0 Å². The zero-order valence-electron chi connectivity index (χ0n) is 16.4. The molecule has 8 heteroatoms. The van der Waals surface area contributed by atoms with Gasteiger partial charge in [-0.2, -0.15) is 0 Å². The molecular weight excluding hydrogens is 414 g/mol. The van der Waals surface area contributed by atoms with Crippen LogP contribution in [-0.2, 0) is 21.2 Å². The van der Waals surface area contributed by atoms with Crippen LogP contribution < -0.4 is 9.47 Å². The van der Waals surface area contributed by atoms with Crippen LogP contribution in [0.4, 0.5) is 0 Å². The van der Waals surface area contributed by atoms with Crippen LogP contribution in [0.1, 0.15) is 17.5 Å². The first kappa shape index (κ1) is 21.5. The van der Waals surface area contributed by atoms with Crippen LogP contribution in [0, 0.1) is 6.92 Å². The second kappa shape index (κ2) is 9.05. The lowest BCUT2D eigenvalue weighted by molar-refractivity contribution is -0.136. The lowest BCUT2D eigenvalue weighted by Crippen LogP contribution is -2.43. The fourth-order valence-electron chi connectivity index (χ4n) is 3.41. The Kier molecular flexibility index (Phi) is 6.70. The van der Waals surface area contributed by atoms with E-state index in [4.69, 9.17) is 21.1 Å². The Bertz CT molecular complexity index is 992. The van der Waals surface area contributed by atoms with E-state index in [1.54, 1.807) is 30.2 Å². The molecule has 6 nitrogen and oxygen atoms in total. The van der Waals surface area contributed by atoms with E-state index in [9.17, 15) is 13.2 Å². The number of hydrogen-bond donors (Lipinski definition) is 0. The van der Waals surface area contributed by atoms with Gasteiger partial charge in [-0.25, -0.2) is 8.42 Å². The molecule has 3 rings (SSSR count). The zero-order chi connectivity index (χ0) is 21.0. The quantitative estimate of drug-likeness (QED) is 0.664. The summed E-state index contributed by atoms with van der Waals surface area (Å²) in [6.07, 6.45) is 0.429. The highest BCUT2D eigenvalue weighted by Crippen LogP contribution is 2.24. The molecule has 1 saturated heterocycles. The molecule has 1 atom stereocenters. The maximum atomic E-state index is 13.0. The molecule has 0 spiro atoms. The van der Waals surface area contributed by atoms with Gasteiger partial charge in [0.15, 0.2) is 16.4 Å². The molecule has 0 aliphatic carbocycles. The standard InChI is InChI=1S/C21H24ClNO5S/c1-15-10-17(22)6-7-20(15)28-13-21(24)23(18-8-9-29(25,26)14-18)12-16-4-3-5-19(11-16)27-2/h3-7,10-11,18H,8-9,12-14H2,1-2H3. The Balaban J connectivity index is 1.77. The second-order valence-corrected chi connectivity index (χ2v) is 9.79. The summed E-state index contributed by atoms with van der Waals surface area (Å²) in [5, 5.41) is 0.594. The van der Waals surface area contributed by atoms with Gasteiger partial charge in [-0.3, -0.25) is 4.79 Å². The molecule has 156 valence electrons. The number of halogens is 1. The fraction of sp³-hybridized carbons (Fsp3) is 0.381. The van der Waals surface area contributed by atoms with Crippen molar-refractivity contribution in [3.63, 3.8) is 0 Å². The maximum Gasteiger partial charge on any atom is 0.261 e. The first-order valence-corrected chi connectivity index (χ1v) is 11.5. The van der Waals surface area contributed by atoms with Gasteiger partial charge < -0.3 is 14.4 Å². The summed E-state index contributed by atoms with van der Waals surface area (Å²) in [7, 11) is -1.55. The first-order valence-electron chi connectivity index (χ1n) is 9.29. The van der Waals surface area contributed by atoms with Crippen molar-refractivity contribution < 1.29 is 22.7 Å². The Labute approximate surface area is 176 Å². The van der Waals surface area contributed by atoms with Crippen molar-refractivity contribution in [1.29, 1.82) is 0 Å². The van der Waals surface area contributed by atoms with Crippen LogP contribution in [0.15, 0.2) is 42.5 Å². The minimum Gasteiger partial charge on any atom is -0.497 e. The van der Waals surface area contributed by atoms with Crippen LogP contribution in [0.25, 0.3) is 0 Å². The Morgan fingerprint density at radius 3 is 2.69 bits per heavy atom. The van der Waals surface area contributed by atoms with E-state index in [1.807, 2.05) is 31.2 Å². The lowest BCUT2D eigenvalue weighted by atomic mass is 10.1. The van der Waals surface area contributed by atoms with Gasteiger partial charge in [-0.1, -0.05) is 23.7 Å². The van der Waals surface area contributed by atoms with Gasteiger partial charge in [0.05, 0.1) is 18.6 Å². The van der Waals surface area contributed by atoms with Gasteiger partial charge in [0.2, 0.25) is 0 Å². The van der Waals surface area contributed by atoms with Crippen LogP contribution >= 0.6 is 11.6 Å². The van der Waals surface area contributed by atoms with E-state index in [0.717, 1.165) is 11.1 Å². The predicted molar refractivity (Wildman–Crippen MR) is 112 cm³/mol. The summed E-state index contributed by atoms with van der Waals surface area (Å²) in [6, 6.07) is 12.2. The molecule has 1 unspecified atom stereocenters. The van der Waals surface area contributed by atoms with Gasteiger partial charge in [0.1, 0.15) is 11.5 Å². The largest absolute Gasteiger partial charge is 0.497 e. The van der Waals surface area contributed by atoms with Crippen molar-refractivity contribution in [3.05, 3.63) is 58.6 Å². The number of carbonyl (C=O) groups is 1. The predicted octanol–water partition coefficient (Wildman–Crippen LogP) is 3.25. The molecule has 0 bridgehead atoms. The van der Waals surface area contributed by atoms with Crippen molar-refractivity contribution in [2.75, 3.05) is 25.2 Å². The number of nitrogens with zero attached hydrogens (tertiary/aromatic N) is 1. The molecule has 1 aliphatic heterocycles. The van der Waals surface area contributed by atoms with Crippen LogP contribution in [-0.4, -0.2) is 50.5 Å². The third-order valence-electron chi connectivity index (χ3n) is 4.94. The van der Waals surface area contributed by atoms with Crippen molar-refractivity contribution in [1.82, 2.24) is 4.90 Å². The zero-order valence-corrected chi connectivity index (χ0v) is 18.0. The van der Waals surface area contributed by atoms with Gasteiger partial charge in [0, 0.05) is 17.6 Å². The molecule has 2 aromatic rings. The minimum absolute atomic E-state index is 0.0251. The van der Waals surface area contributed by atoms with Crippen LogP contribution in [0.3, 0.4) is 0 Å². The average Bonchev–Trinajstić information content (AvgIpc) is 3.04.